The Kier molecular flexibility index (Phi) is 5.61. The summed E-state index contributed by atoms with van der Waals surface area (Å²) in [5.74, 6) is -0.538. The number of carbonyl (C=O) groups is 1. The lowest BCUT2D eigenvalue weighted by Crippen LogP contribution is -2.51. The topological polar surface area (TPSA) is 73.6 Å². The van der Waals surface area contributed by atoms with E-state index in [9.17, 15) is 26.4 Å². The lowest BCUT2D eigenvalue weighted by atomic mass is 10.2. The molecule has 1 aromatic carbocycles. The van der Waals surface area contributed by atoms with Gasteiger partial charge in [-0.25, -0.2) is 13.4 Å². The van der Waals surface area contributed by atoms with Crippen LogP contribution in [0.2, 0.25) is 5.02 Å². The van der Waals surface area contributed by atoms with Gasteiger partial charge in [-0.2, -0.15) is 17.5 Å². The van der Waals surface area contributed by atoms with E-state index < -0.39 is 27.8 Å². The van der Waals surface area contributed by atoms with Crippen LogP contribution in [-0.4, -0.2) is 67.3 Å². The number of benzene rings is 1. The van der Waals surface area contributed by atoms with E-state index in [1.165, 1.54) is 34.2 Å². The first kappa shape index (κ1) is 21.8. The third kappa shape index (κ3) is 4.21. The van der Waals surface area contributed by atoms with Crippen LogP contribution >= 0.6 is 11.6 Å². The minimum atomic E-state index is -4.53. The zero-order chi connectivity index (χ0) is 22.4. The molecule has 0 bridgehead atoms. The van der Waals surface area contributed by atoms with Crippen LogP contribution in [0, 0.1) is 0 Å². The second kappa shape index (κ2) is 7.95. The molecule has 3 heterocycles. The zero-order valence-corrected chi connectivity index (χ0v) is 17.7. The van der Waals surface area contributed by atoms with Gasteiger partial charge in [0.1, 0.15) is 16.8 Å². The SMILES string of the molecule is O=C(C1CN1S(=O)(=O)c1ccccc1Cl)N1CCN(c2ncccc2C(F)(F)F)CC1. The summed E-state index contributed by atoms with van der Waals surface area (Å²) in [4.78, 5) is 19.5. The van der Waals surface area contributed by atoms with Gasteiger partial charge >= 0.3 is 6.18 Å². The Balaban J connectivity index is 1.41. The lowest BCUT2D eigenvalue weighted by Gasteiger charge is -2.36. The maximum atomic E-state index is 13.2. The normalized spacial score (nSPS) is 21.8. The summed E-state index contributed by atoms with van der Waals surface area (Å²) in [6.07, 6.45) is -3.23. The molecule has 0 spiro atoms. The molecule has 2 aromatic rings. The number of aromatic nitrogens is 1. The van der Waals surface area contributed by atoms with Crippen LogP contribution in [-0.2, 0) is 21.0 Å². The predicted octanol–water partition coefficient (Wildman–Crippen LogP) is 2.48. The van der Waals surface area contributed by atoms with Crippen LogP contribution in [0.15, 0.2) is 47.5 Å². The molecule has 31 heavy (non-hydrogen) atoms. The summed E-state index contributed by atoms with van der Waals surface area (Å²) in [5.41, 5.74) is -0.825. The Morgan fingerprint density at radius 2 is 1.74 bits per heavy atom. The standard InChI is InChI=1S/C19H18ClF3N4O3S/c20-14-5-1-2-6-16(14)31(29,30)27-12-15(27)18(28)26-10-8-25(9-11-26)17-13(19(21,22)23)4-3-7-24-17/h1-7,15H,8-12H2. The van der Waals surface area contributed by atoms with E-state index in [0.717, 1.165) is 10.4 Å². The highest BCUT2D eigenvalue weighted by Crippen LogP contribution is 2.36. The van der Waals surface area contributed by atoms with Crippen molar-refractivity contribution in [2.75, 3.05) is 37.6 Å². The fourth-order valence-corrected chi connectivity index (χ4v) is 5.60. The molecule has 0 aliphatic carbocycles. The minimum absolute atomic E-state index is 0.0467. The van der Waals surface area contributed by atoms with E-state index in [1.807, 2.05) is 0 Å². The Bertz CT molecular complexity index is 1100. The minimum Gasteiger partial charge on any atom is -0.353 e. The summed E-state index contributed by atoms with van der Waals surface area (Å²) in [6, 6.07) is 7.37. The number of piperazine rings is 1. The first-order valence-electron chi connectivity index (χ1n) is 9.43. The first-order chi connectivity index (χ1) is 14.6. The average molecular weight is 475 g/mol. The Labute approximate surface area is 182 Å². The summed E-state index contributed by atoms with van der Waals surface area (Å²) in [6.45, 7) is 0.711. The van der Waals surface area contributed by atoms with Crippen molar-refractivity contribution in [3.05, 3.63) is 53.2 Å². The molecule has 0 saturated carbocycles. The number of rotatable bonds is 4. The Morgan fingerprint density at radius 3 is 2.39 bits per heavy atom. The van der Waals surface area contributed by atoms with Crippen LogP contribution in [0.25, 0.3) is 0 Å². The second-order valence-corrected chi connectivity index (χ2v) is 9.47. The molecule has 1 amide bonds. The van der Waals surface area contributed by atoms with Gasteiger partial charge in [-0.1, -0.05) is 23.7 Å². The van der Waals surface area contributed by atoms with E-state index in [0.29, 0.717) is 0 Å². The predicted molar refractivity (Wildman–Crippen MR) is 107 cm³/mol. The Morgan fingerprint density at radius 1 is 1.06 bits per heavy atom. The first-order valence-corrected chi connectivity index (χ1v) is 11.2. The molecule has 2 fully saturated rings. The van der Waals surface area contributed by atoms with E-state index in [-0.39, 0.29) is 54.4 Å². The van der Waals surface area contributed by atoms with Crippen molar-refractivity contribution in [2.45, 2.75) is 17.1 Å². The molecular formula is C19H18ClF3N4O3S. The van der Waals surface area contributed by atoms with E-state index in [1.54, 1.807) is 12.1 Å². The van der Waals surface area contributed by atoms with Gasteiger partial charge in [0.15, 0.2) is 0 Å². The number of pyridine rings is 1. The van der Waals surface area contributed by atoms with Crippen molar-refractivity contribution < 1.29 is 26.4 Å². The molecule has 4 rings (SSSR count). The number of amides is 1. The van der Waals surface area contributed by atoms with Gasteiger partial charge in [-0.05, 0) is 24.3 Å². The highest BCUT2D eigenvalue weighted by molar-refractivity contribution is 7.89. The summed E-state index contributed by atoms with van der Waals surface area (Å²) < 4.78 is 66.3. The molecule has 0 N–H and O–H groups in total. The van der Waals surface area contributed by atoms with Crippen molar-refractivity contribution in [1.82, 2.24) is 14.2 Å². The molecule has 2 unspecified atom stereocenters. The lowest BCUT2D eigenvalue weighted by molar-refractivity contribution is -0.137. The number of anilines is 1. The van der Waals surface area contributed by atoms with Crippen LogP contribution in [0.1, 0.15) is 5.56 Å². The van der Waals surface area contributed by atoms with Gasteiger partial charge in [0.05, 0.1) is 10.6 Å². The maximum Gasteiger partial charge on any atom is 0.419 e. The fourth-order valence-electron chi connectivity index (χ4n) is 3.59. The van der Waals surface area contributed by atoms with Crippen LogP contribution < -0.4 is 4.90 Å². The quantitative estimate of drug-likeness (QED) is 0.637. The number of alkyl halides is 3. The number of hydrogen-bond donors (Lipinski definition) is 0. The molecule has 0 radical (unpaired) electrons. The van der Waals surface area contributed by atoms with Crippen molar-refractivity contribution >= 4 is 33.3 Å². The molecule has 7 nitrogen and oxygen atoms in total. The monoisotopic (exact) mass is 474 g/mol. The molecule has 166 valence electrons. The van der Waals surface area contributed by atoms with Crippen molar-refractivity contribution in [1.29, 1.82) is 0 Å². The summed E-state index contributed by atoms with van der Waals surface area (Å²) in [7, 11) is -3.90. The number of sulfonamides is 1. The third-order valence-electron chi connectivity index (χ3n) is 5.26. The highest BCUT2D eigenvalue weighted by atomic mass is 35.5. The van der Waals surface area contributed by atoms with Crippen LogP contribution in [0.3, 0.4) is 0 Å². The number of carbonyl (C=O) groups excluding carboxylic acids is 1. The molecule has 1 aromatic heterocycles. The molecular weight excluding hydrogens is 457 g/mol. The van der Waals surface area contributed by atoms with Gasteiger partial charge in [0, 0.05) is 38.9 Å². The van der Waals surface area contributed by atoms with E-state index in [4.69, 9.17) is 11.6 Å². The summed E-state index contributed by atoms with van der Waals surface area (Å²) in [5, 5.41) is 0.0741. The fraction of sp³-hybridized carbons (Fsp3) is 0.368. The highest BCUT2D eigenvalue weighted by Gasteiger charge is 2.51. The van der Waals surface area contributed by atoms with E-state index >= 15 is 0 Å². The zero-order valence-electron chi connectivity index (χ0n) is 16.1. The van der Waals surface area contributed by atoms with Crippen LogP contribution in [0.4, 0.5) is 19.0 Å². The molecule has 2 aliphatic heterocycles. The van der Waals surface area contributed by atoms with Gasteiger partial charge in [-0.3, -0.25) is 4.79 Å². The van der Waals surface area contributed by atoms with E-state index in [2.05, 4.69) is 4.98 Å². The number of halogens is 4. The van der Waals surface area contributed by atoms with Crippen LogP contribution in [0.5, 0.6) is 0 Å². The van der Waals surface area contributed by atoms with Gasteiger partial charge in [0.2, 0.25) is 15.9 Å². The molecule has 2 saturated heterocycles. The number of hydrogen-bond acceptors (Lipinski definition) is 5. The second-order valence-electron chi connectivity index (χ2n) is 7.21. The molecule has 2 aliphatic rings. The summed E-state index contributed by atoms with van der Waals surface area (Å²) >= 11 is 5.98. The largest absolute Gasteiger partial charge is 0.419 e. The average Bonchev–Trinajstić information content (AvgIpc) is 3.55. The van der Waals surface area contributed by atoms with Crippen molar-refractivity contribution in [2.24, 2.45) is 0 Å². The number of nitrogens with zero attached hydrogens (tertiary/aromatic N) is 4. The van der Waals surface area contributed by atoms with Gasteiger partial charge < -0.3 is 9.80 Å². The maximum absolute atomic E-state index is 13.2. The van der Waals surface area contributed by atoms with Gasteiger partial charge in [0.25, 0.3) is 0 Å². The smallest absolute Gasteiger partial charge is 0.353 e. The molecule has 12 heteroatoms. The van der Waals surface area contributed by atoms with Gasteiger partial charge in [-0.15, -0.1) is 0 Å². The van der Waals surface area contributed by atoms with Crippen molar-refractivity contribution in [3.8, 4) is 0 Å². The molecule has 2 atom stereocenters. The van der Waals surface area contributed by atoms with Crippen molar-refractivity contribution in [3.63, 3.8) is 0 Å². The Hall–Kier alpha value is -2.37. The third-order valence-corrected chi connectivity index (χ3v) is 7.63.